The smallest absolute Gasteiger partial charge is 0.0809 e. The summed E-state index contributed by atoms with van der Waals surface area (Å²) in [7, 11) is 0. The summed E-state index contributed by atoms with van der Waals surface area (Å²) in [5, 5.41) is 3.55. The molecular weight excluding hydrogens is 242 g/mol. The average molecular weight is 267 g/mol. The van der Waals surface area contributed by atoms with Gasteiger partial charge in [0.2, 0.25) is 0 Å². The van der Waals surface area contributed by atoms with Gasteiger partial charge in [0, 0.05) is 28.9 Å². The lowest BCUT2D eigenvalue weighted by molar-refractivity contribution is 0.0860. The molecule has 0 amide bonds. The van der Waals surface area contributed by atoms with E-state index in [0.717, 1.165) is 31.7 Å². The molecule has 0 radical (unpaired) electrons. The normalized spacial score (nSPS) is 15.5. The van der Waals surface area contributed by atoms with Gasteiger partial charge in [-0.15, -0.1) is 11.3 Å². The highest BCUT2D eigenvalue weighted by Crippen LogP contribution is 2.22. The molecular formula is C15H25NOS. The Labute approximate surface area is 115 Å². The molecule has 0 aromatic carbocycles. The summed E-state index contributed by atoms with van der Waals surface area (Å²) in [4.78, 5) is 2.79. The number of nitrogens with one attached hydrogen (secondary N) is 1. The molecule has 1 heterocycles. The minimum absolute atomic E-state index is 0.723. The molecule has 2 nitrogen and oxygen atoms in total. The molecule has 1 fully saturated rings. The third-order valence-electron chi connectivity index (χ3n) is 3.61. The van der Waals surface area contributed by atoms with Crippen LogP contribution < -0.4 is 5.32 Å². The van der Waals surface area contributed by atoms with Gasteiger partial charge in [0.1, 0.15) is 0 Å². The van der Waals surface area contributed by atoms with Crippen LogP contribution in [0.5, 0.6) is 0 Å². The average Bonchev–Trinajstić information content (AvgIpc) is 3.12. The third kappa shape index (κ3) is 4.71. The highest BCUT2D eigenvalue weighted by molar-refractivity contribution is 7.11. The lowest BCUT2D eigenvalue weighted by Crippen LogP contribution is -2.14. The Bertz CT molecular complexity index is 342. The fourth-order valence-electron chi connectivity index (χ4n) is 1.98. The molecule has 1 aromatic heterocycles. The molecule has 1 aliphatic rings. The van der Waals surface area contributed by atoms with E-state index in [2.05, 4.69) is 31.3 Å². The van der Waals surface area contributed by atoms with Crippen molar-refractivity contribution in [3.05, 3.63) is 21.9 Å². The van der Waals surface area contributed by atoms with E-state index in [1.807, 2.05) is 11.3 Å². The molecule has 1 saturated carbocycles. The van der Waals surface area contributed by atoms with Crippen molar-refractivity contribution >= 4 is 11.3 Å². The van der Waals surface area contributed by atoms with Gasteiger partial charge in [-0.1, -0.05) is 26.7 Å². The van der Waals surface area contributed by atoms with Crippen LogP contribution >= 0.6 is 11.3 Å². The Hall–Kier alpha value is -0.380. The fourth-order valence-corrected chi connectivity index (χ4v) is 2.88. The zero-order valence-corrected chi connectivity index (χ0v) is 12.4. The highest BCUT2D eigenvalue weighted by Gasteiger charge is 2.20. The first kappa shape index (κ1) is 14.0. The molecule has 0 aliphatic heterocycles. The number of ether oxygens (including phenoxy) is 1. The van der Waals surface area contributed by atoms with Crippen molar-refractivity contribution in [1.82, 2.24) is 5.32 Å². The predicted octanol–water partition coefficient (Wildman–Crippen LogP) is 3.95. The summed E-state index contributed by atoms with van der Waals surface area (Å²) in [6, 6.07) is 5.24. The summed E-state index contributed by atoms with van der Waals surface area (Å²) >= 11 is 1.88. The van der Waals surface area contributed by atoms with Gasteiger partial charge in [0.25, 0.3) is 0 Å². The molecule has 3 heteroatoms. The van der Waals surface area contributed by atoms with Gasteiger partial charge >= 0.3 is 0 Å². The molecule has 0 bridgehead atoms. The molecule has 0 atom stereocenters. The van der Waals surface area contributed by atoms with Crippen LogP contribution in [0.2, 0.25) is 0 Å². The summed E-state index contributed by atoms with van der Waals surface area (Å²) in [6.07, 6.45) is 5.16. The Balaban J connectivity index is 1.65. The van der Waals surface area contributed by atoms with E-state index in [0.29, 0.717) is 0 Å². The molecule has 1 N–H and O–H groups in total. The lowest BCUT2D eigenvalue weighted by Gasteiger charge is -2.11. The summed E-state index contributed by atoms with van der Waals surface area (Å²) in [5.74, 6) is 0.723. The maximum Gasteiger partial charge on any atom is 0.0809 e. The molecule has 2 rings (SSSR count). The van der Waals surface area contributed by atoms with Crippen LogP contribution in [-0.4, -0.2) is 12.6 Å². The monoisotopic (exact) mass is 267 g/mol. The summed E-state index contributed by atoms with van der Waals surface area (Å²) in [6.45, 7) is 7.20. The predicted molar refractivity (Wildman–Crippen MR) is 77.9 cm³/mol. The van der Waals surface area contributed by atoms with Crippen molar-refractivity contribution in [2.45, 2.75) is 58.7 Å². The van der Waals surface area contributed by atoms with Crippen LogP contribution in [0, 0.1) is 5.92 Å². The first-order valence-corrected chi connectivity index (χ1v) is 8.02. The van der Waals surface area contributed by atoms with E-state index in [1.165, 1.54) is 35.4 Å². The molecule has 0 spiro atoms. The van der Waals surface area contributed by atoms with E-state index in [-0.39, 0.29) is 0 Å². The van der Waals surface area contributed by atoms with Gasteiger partial charge in [0.05, 0.1) is 6.61 Å². The number of thiophene rings is 1. The van der Waals surface area contributed by atoms with Crippen molar-refractivity contribution in [1.29, 1.82) is 0 Å². The quantitative estimate of drug-likeness (QED) is 0.731. The first-order chi connectivity index (χ1) is 8.81. The maximum absolute atomic E-state index is 5.80. The van der Waals surface area contributed by atoms with Gasteiger partial charge in [-0.3, -0.25) is 0 Å². The van der Waals surface area contributed by atoms with Crippen molar-refractivity contribution in [3.8, 4) is 0 Å². The van der Waals surface area contributed by atoms with Crippen LogP contribution in [0.15, 0.2) is 12.1 Å². The van der Waals surface area contributed by atoms with Gasteiger partial charge < -0.3 is 10.1 Å². The molecule has 1 aliphatic carbocycles. The van der Waals surface area contributed by atoms with E-state index in [4.69, 9.17) is 4.74 Å². The topological polar surface area (TPSA) is 21.3 Å². The Morgan fingerprint density at radius 2 is 2.00 bits per heavy atom. The Kier molecular flexibility index (Phi) is 5.67. The van der Waals surface area contributed by atoms with E-state index in [9.17, 15) is 0 Å². The van der Waals surface area contributed by atoms with Crippen LogP contribution in [0.3, 0.4) is 0 Å². The maximum atomic E-state index is 5.80. The fraction of sp³-hybridized carbons (Fsp3) is 0.733. The lowest BCUT2D eigenvalue weighted by atomic mass is 10.1. The Morgan fingerprint density at radius 3 is 2.67 bits per heavy atom. The van der Waals surface area contributed by atoms with Gasteiger partial charge in [-0.2, -0.15) is 0 Å². The first-order valence-electron chi connectivity index (χ1n) is 7.20. The Morgan fingerprint density at radius 1 is 1.28 bits per heavy atom. The minimum atomic E-state index is 0.723. The van der Waals surface area contributed by atoms with Crippen LogP contribution in [0.4, 0.5) is 0 Å². The van der Waals surface area contributed by atoms with Gasteiger partial charge in [-0.05, 0) is 30.9 Å². The zero-order valence-electron chi connectivity index (χ0n) is 11.6. The second-order valence-corrected chi connectivity index (χ2v) is 6.47. The van der Waals surface area contributed by atoms with Crippen molar-refractivity contribution < 1.29 is 4.74 Å². The van der Waals surface area contributed by atoms with Crippen LogP contribution in [0.25, 0.3) is 0 Å². The largest absolute Gasteiger partial charge is 0.376 e. The highest BCUT2D eigenvalue weighted by atomic mass is 32.1. The molecule has 1 aromatic rings. The van der Waals surface area contributed by atoms with Crippen molar-refractivity contribution in [2.24, 2.45) is 5.92 Å². The van der Waals surface area contributed by atoms with Gasteiger partial charge in [-0.25, -0.2) is 0 Å². The number of hydrogen-bond donors (Lipinski definition) is 1. The van der Waals surface area contributed by atoms with Crippen molar-refractivity contribution in [3.63, 3.8) is 0 Å². The molecule has 102 valence electrons. The minimum Gasteiger partial charge on any atom is -0.376 e. The SMILES string of the molecule is CCC(CC)COCc1ccc(CNC2CC2)s1. The summed E-state index contributed by atoms with van der Waals surface area (Å²) in [5.41, 5.74) is 0. The zero-order chi connectivity index (χ0) is 12.8. The van der Waals surface area contributed by atoms with Gasteiger partial charge in [0.15, 0.2) is 0 Å². The van der Waals surface area contributed by atoms with Crippen LogP contribution in [0.1, 0.15) is 49.3 Å². The number of hydrogen-bond acceptors (Lipinski definition) is 3. The van der Waals surface area contributed by atoms with Crippen LogP contribution in [-0.2, 0) is 17.9 Å². The standard InChI is InChI=1S/C15H25NOS/c1-3-12(4-2)10-17-11-15-8-7-14(18-15)9-16-13-5-6-13/h7-8,12-13,16H,3-6,9-11H2,1-2H3. The van der Waals surface area contributed by atoms with E-state index < -0.39 is 0 Å². The third-order valence-corrected chi connectivity index (χ3v) is 4.67. The van der Waals surface area contributed by atoms with E-state index >= 15 is 0 Å². The van der Waals surface area contributed by atoms with Crippen molar-refractivity contribution in [2.75, 3.05) is 6.61 Å². The number of rotatable bonds is 9. The molecule has 0 saturated heterocycles. The van der Waals surface area contributed by atoms with E-state index in [1.54, 1.807) is 0 Å². The second-order valence-electron chi connectivity index (χ2n) is 5.22. The molecule has 18 heavy (non-hydrogen) atoms. The second kappa shape index (κ2) is 7.27. The molecule has 0 unspecified atom stereocenters. The summed E-state index contributed by atoms with van der Waals surface area (Å²) < 4.78 is 5.80.